The number of para-hydroxylation sites is 1. The number of aryl methyl sites for hydroxylation is 1. The molecule has 1 saturated heterocycles. The van der Waals surface area contributed by atoms with Crippen molar-refractivity contribution in [3.05, 3.63) is 29.8 Å². The molecule has 0 spiro atoms. The number of hydrogen-bond donors (Lipinski definition) is 2. The van der Waals surface area contributed by atoms with Crippen LogP contribution in [0.2, 0.25) is 0 Å². The minimum Gasteiger partial charge on any atom is -0.335 e. The first-order valence-electron chi connectivity index (χ1n) is 7.45. The molecule has 0 radical (unpaired) electrons. The molecule has 0 bridgehead atoms. The second kappa shape index (κ2) is 7.29. The van der Waals surface area contributed by atoms with Gasteiger partial charge in [-0.15, -0.1) is 0 Å². The lowest BCUT2D eigenvalue weighted by molar-refractivity contribution is -0.898. The van der Waals surface area contributed by atoms with E-state index in [9.17, 15) is 4.79 Å². The van der Waals surface area contributed by atoms with Gasteiger partial charge in [-0.05, 0) is 44.2 Å². The molecule has 0 unspecified atom stereocenters. The Morgan fingerprint density at radius 2 is 1.84 bits per heavy atom. The monoisotopic (exact) mass is 261 g/mol. The highest BCUT2D eigenvalue weighted by Crippen LogP contribution is 2.12. The van der Waals surface area contributed by atoms with Crippen molar-refractivity contribution in [2.24, 2.45) is 0 Å². The number of anilines is 1. The Morgan fingerprint density at radius 1 is 1.16 bits per heavy atom. The number of quaternary nitrogens is 1. The average Bonchev–Trinajstić information content (AvgIpc) is 2.68. The molecular weight excluding hydrogens is 236 g/mol. The van der Waals surface area contributed by atoms with E-state index in [0.717, 1.165) is 17.8 Å². The maximum absolute atomic E-state index is 12.0. The Kier molecular flexibility index (Phi) is 5.40. The van der Waals surface area contributed by atoms with E-state index in [2.05, 4.69) is 5.32 Å². The zero-order valence-electron chi connectivity index (χ0n) is 11.9. The Hall–Kier alpha value is -1.35. The maximum atomic E-state index is 12.0. The van der Waals surface area contributed by atoms with Crippen molar-refractivity contribution in [1.82, 2.24) is 0 Å². The minimum absolute atomic E-state index is 0.144. The number of carbonyl (C=O) groups is 1. The van der Waals surface area contributed by atoms with Gasteiger partial charge in [0.05, 0.1) is 26.1 Å². The van der Waals surface area contributed by atoms with Crippen LogP contribution in [-0.4, -0.2) is 25.5 Å². The summed E-state index contributed by atoms with van der Waals surface area (Å²) in [4.78, 5) is 13.6. The van der Waals surface area contributed by atoms with Gasteiger partial charge in [0.25, 0.3) is 0 Å². The van der Waals surface area contributed by atoms with E-state index in [1.54, 1.807) is 4.90 Å². The fourth-order valence-electron chi connectivity index (χ4n) is 2.69. The standard InChI is InChI=1S/C16H24N2O/c1-14-8-4-5-9-15(14)17-16(19)10-13-18-11-6-2-3-7-12-18/h4-5,8-9H,2-3,6-7,10-13H2,1H3,(H,17,19)/p+1. The second-order valence-electron chi connectivity index (χ2n) is 5.53. The summed E-state index contributed by atoms with van der Waals surface area (Å²) in [6, 6.07) is 7.94. The topological polar surface area (TPSA) is 33.5 Å². The molecule has 0 atom stereocenters. The summed E-state index contributed by atoms with van der Waals surface area (Å²) in [7, 11) is 0. The Morgan fingerprint density at radius 3 is 2.53 bits per heavy atom. The SMILES string of the molecule is Cc1ccccc1NC(=O)CC[NH+]1CCCCCC1. The molecular formula is C16H25N2O+. The first-order chi connectivity index (χ1) is 9.25. The summed E-state index contributed by atoms with van der Waals surface area (Å²) >= 11 is 0. The fraction of sp³-hybridized carbons (Fsp3) is 0.562. The molecule has 1 aliphatic heterocycles. The van der Waals surface area contributed by atoms with E-state index < -0.39 is 0 Å². The van der Waals surface area contributed by atoms with Crippen LogP contribution in [0.4, 0.5) is 5.69 Å². The lowest BCUT2D eigenvalue weighted by Crippen LogP contribution is -3.12. The summed E-state index contributed by atoms with van der Waals surface area (Å²) in [6.07, 6.45) is 5.98. The van der Waals surface area contributed by atoms with Gasteiger partial charge in [0.1, 0.15) is 0 Å². The molecule has 2 rings (SSSR count). The normalized spacial score (nSPS) is 16.9. The molecule has 104 valence electrons. The number of hydrogen-bond acceptors (Lipinski definition) is 1. The van der Waals surface area contributed by atoms with Crippen molar-refractivity contribution in [3.63, 3.8) is 0 Å². The Labute approximate surface area is 116 Å². The third kappa shape index (κ3) is 4.67. The van der Waals surface area contributed by atoms with Crippen LogP contribution < -0.4 is 10.2 Å². The van der Waals surface area contributed by atoms with E-state index >= 15 is 0 Å². The number of benzene rings is 1. The summed E-state index contributed by atoms with van der Waals surface area (Å²) in [5.74, 6) is 0.144. The quantitative estimate of drug-likeness (QED) is 0.851. The maximum Gasteiger partial charge on any atom is 0.230 e. The summed E-state index contributed by atoms with van der Waals surface area (Å²) in [5, 5.41) is 3.01. The third-order valence-electron chi connectivity index (χ3n) is 3.94. The largest absolute Gasteiger partial charge is 0.335 e. The van der Waals surface area contributed by atoms with Crippen molar-refractivity contribution >= 4 is 11.6 Å². The van der Waals surface area contributed by atoms with Crippen LogP contribution in [0.25, 0.3) is 0 Å². The zero-order valence-corrected chi connectivity index (χ0v) is 11.9. The lowest BCUT2D eigenvalue weighted by Gasteiger charge is -2.16. The second-order valence-corrected chi connectivity index (χ2v) is 5.53. The van der Waals surface area contributed by atoms with E-state index in [1.807, 2.05) is 31.2 Å². The van der Waals surface area contributed by atoms with Gasteiger partial charge in [-0.25, -0.2) is 0 Å². The van der Waals surface area contributed by atoms with Gasteiger partial charge in [0, 0.05) is 5.69 Å². The number of likely N-dealkylation sites (tertiary alicyclic amines) is 1. The van der Waals surface area contributed by atoms with Gasteiger partial charge in [-0.1, -0.05) is 18.2 Å². The molecule has 2 N–H and O–H groups in total. The van der Waals surface area contributed by atoms with E-state index in [1.165, 1.54) is 38.8 Å². The number of amides is 1. The predicted octanol–water partition coefficient (Wildman–Crippen LogP) is 1.78. The minimum atomic E-state index is 0.144. The van der Waals surface area contributed by atoms with Crippen LogP contribution in [0.3, 0.4) is 0 Å². The van der Waals surface area contributed by atoms with Gasteiger partial charge in [-0.3, -0.25) is 4.79 Å². The van der Waals surface area contributed by atoms with Crippen molar-refractivity contribution in [2.75, 3.05) is 25.0 Å². The average molecular weight is 261 g/mol. The van der Waals surface area contributed by atoms with Gasteiger partial charge in [0.15, 0.2) is 0 Å². The Bertz CT molecular complexity index is 409. The smallest absolute Gasteiger partial charge is 0.230 e. The highest BCUT2D eigenvalue weighted by atomic mass is 16.1. The first kappa shape index (κ1) is 14.1. The van der Waals surface area contributed by atoms with Gasteiger partial charge in [0.2, 0.25) is 5.91 Å². The number of carbonyl (C=O) groups excluding carboxylic acids is 1. The first-order valence-corrected chi connectivity index (χ1v) is 7.45. The van der Waals surface area contributed by atoms with Crippen LogP contribution in [0.1, 0.15) is 37.7 Å². The zero-order chi connectivity index (χ0) is 13.5. The van der Waals surface area contributed by atoms with Crippen molar-refractivity contribution in [2.45, 2.75) is 39.0 Å². The predicted molar refractivity (Wildman–Crippen MR) is 78.5 cm³/mol. The molecule has 1 heterocycles. The van der Waals surface area contributed by atoms with Crippen molar-refractivity contribution in [1.29, 1.82) is 0 Å². The molecule has 1 aromatic rings. The third-order valence-corrected chi connectivity index (χ3v) is 3.94. The van der Waals surface area contributed by atoms with Crippen LogP contribution in [0, 0.1) is 6.92 Å². The molecule has 1 fully saturated rings. The van der Waals surface area contributed by atoms with Crippen molar-refractivity contribution in [3.8, 4) is 0 Å². The summed E-state index contributed by atoms with van der Waals surface area (Å²) < 4.78 is 0. The van der Waals surface area contributed by atoms with Gasteiger partial charge in [-0.2, -0.15) is 0 Å². The lowest BCUT2D eigenvalue weighted by atomic mass is 10.2. The molecule has 1 aliphatic rings. The van der Waals surface area contributed by atoms with E-state index in [4.69, 9.17) is 0 Å². The molecule has 1 aromatic carbocycles. The Balaban J connectivity index is 1.76. The molecule has 3 heteroatoms. The highest BCUT2D eigenvalue weighted by Gasteiger charge is 2.14. The molecule has 19 heavy (non-hydrogen) atoms. The van der Waals surface area contributed by atoms with Crippen LogP contribution in [0.15, 0.2) is 24.3 Å². The summed E-state index contributed by atoms with van der Waals surface area (Å²) in [6.45, 7) is 5.46. The van der Waals surface area contributed by atoms with E-state index in [-0.39, 0.29) is 5.91 Å². The van der Waals surface area contributed by atoms with E-state index in [0.29, 0.717) is 6.42 Å². The van der Waals surface area contributed by atoms with Crippen LogP contribution in [-0.2, 0) is 4.79 Å². The van der Waals surface area contributed by atoms with Gasteiger partial charge < -0.3 is 10.2 Å². The molecule has 0 saturated carbocycles. The molecule has 0 aliphatic carbocycles. The highest BCUT2D eigenvalue weighted by molar-refractivity contribution is 5.91. The molecule has 1 amide bonds. The molecule has 3 nitrogen and oxygen atoms in total. The fourth-order valence-corrected chi connectivity index (χ4v) is 2.69. The van der Waals surface area contributed by atoms with Crippen LogP contribution >= 0.6 is 0 Å². The number of nitrogens with one attached hydrogen (secondary N) is 2. The molecule has 0 aromatic heterocycles. The summed E-state index contributed by atoms with van der Waals surface area (Å²) in [5.41, 5.74) is 2.07. The van der Waals surface area contributed by atoms with Crippen molar-refractivity contribution < 1.29 is 9.69 Å². The number of rotatable bonds is 4. The van der Waals surface area contributed by atoms with Gasteiger partial charge >= 0.3 is 0 Å². The van der Waals surface area contributed by atoms with Crippen LogP contribution in [0.5, 0.6) is 0 Å².